The number of ether oxygens (including phenoxy) is 2. The van der Waals surface area contributed by atoms with E-state index >= 15 is 0 Å². The highest BCUT2D eigenvalue weighted by atomic mass is 127. The number of aliphatic imine (C=N–C) groups is 1. The fourth-order valence-corrected chi connectivity index (χ4v) is 3.38. The van der Waals surface area contributed by atoms with Crippen molar-refractivity contribution in [2.75, 3.05) is 46.6 Å². The van der Waals surface area contributed by atoms with Crippen LogP contribution in [0, 0.1) is 11.8 Å². The average Bonchev–Trinajstić information content (AvgIpc) is 3.25. The Morgan fingerprint density at radius 1 is 1.27 bits per heavy atom. The Hall–Kier alpha value is -0.860. The molecule has 1 aromatic rings. The zero-order valence-corrected chi connectivity index (χ0v) is 18.0. The molecule has 1 aromatic carbocycles. The smallest absolute Gasteiger partial charge is 0.190 e. The van der Waals surface area contributed by atoms with Gasteiger partial charge in [0.1, 0.15) is 0 Å². The van der Waals surface area contributed by atoms with Gasteiger partial charge in [0, 0.05) is 39.3 Å². The van der Waals surface area contributed by atoms with Gasteiger partial charge in [0.25, 0.3) is 0 Å². The maximum absolute atomic E-state index is 5.72. The van der Waals surface area contributed by atoms with E-state index in [1.165, 1.54) is 12.0 Å². The van der Waals surface area contributed by atoms with Gasteiger partial charge in [-0.15, -0.1) is 24.0 Å². The van der Waals surface area contributed by atoms with Crippen LogP contribution >= 0.6 is 24.0 Å². The fraction of sp³-hybridized carbons (Fsp3) is 0.650. The molecule has 146 valence electrons. The monoisotopic (exact) mass is 473 g/mol. The first-order chi connectivity index (χ1) is 12.4. The van der Waals surface area contributed by atoms with E-state index in [4.69, 9.17) is 9.47 Å². The predicted octanol–water partition coefficient (Wildman–Crippen LogP) is 3.02. The molecule has 26 heavy (non-hydrogen) atoms. The second kappa shape index (κ2) is 11.8. The van der Waals surface area contributed by atoms with Crippen LogP contribution in [0.15, 0.2) is 35.3 Å². The second-order valence-corrected chi connectivity index (χ2v) is 7.05. The Kier molecular flexibility index (Phi) is 9.71. The van der Waals surface area contributed by atoms with Crippen LogP contribution in [-0.4, -0.2) is 52.5 Å². The van der Waals surface area contributed by atoms with Crippen molar-refractivity contribution in [1.82, 2.24) is 10.6 Å². The lowest BCUT2D eigenvalue weighted by atomic mass is 10.1. The summed E-state index contributed by atoms with van der Waals surface area (Å²) in [6, 6.07) is 10.8. The zero-order chi connectivity index (χ0) is 17.3. The minimum atomic E-state index is 0. The van der Waals surface area contributed by atoms with Crippen LogP contribution in [0.2, 0.25) is 0 Å². The zero-order valence-electron chi connectivity index (χ0n) is 15.7. The van der Waals surface area contributed by atoms with Crippen LogP contribution in [0.5, 0.6) is 0 Å². The number of nitrogens with zero attached hydrogens (tertiary/aromatic N) is 1. The van der Waals surface area contributed by atoms with E-state index in [2.05, 4.69) is 46.0 Å². The largest absolute Gasteiger partial charge is 0.381 e. The van der Waals surface area contributed by atoms with Crippen molar-refractivity contribution in [1.29, 1.82) is 0 Å². The highest BCUT2D eigenvalue weighted by molar-refractivity contribution is 14.0. The summed E-state index contributed by atoms with van der Waals surface area (Å²) in [7, 11) is 1.83. The Morgan fingerprint density at radius 3 is 2.85 bits per heavy atom. The molecule has 1 aliphatic heterocycles. The quantitative estimate of drug-likeness (QED) is 0.251. The SMILES string of the molecule is CN=C(NCCCOCC1CCOC1)NCC1CC1c1ccccc1.I. The van der Waals surface area contributed by atoms with Crippen molar-refractivity contribution < 1.29 is 9.47 Å². The Balaban J connectivity index is 0.00000243. The van der Waals surface area contributed by atoms with Crippen molar-refractivity contribution in [3.05, 3.63) is 35.9 Å². The van der Waals surface area contributed by atoms with E-state index in [0.717, 1.165) is 64.2 Å². The predicted molar refractivity (Wildman–Crippen MR) is 116 cm³/mol. The molecule has 1 saturated carbocycles. The van der Waals surface area contributed by atoms with Crippen LogP contribution in [0.4, 0.5) is 0 Å². The maximum atomic E-state index is 5.72. The lowest BCUT2D eigenvalue weighted by Crippen LogP contribution is -2.39. The first-order valence-electron chi connectivity index (χ1n) is 9.51. The molecule has 3 atom stereocenters. The summed E-state index contributed by atoms with van der Waals surface area (Å²) in [4.78, 5) is 4.30. The van der Waals surface area contributed by atoms with E-state index in [0.29, 0.717) is 11.8 Å². The number of hydrogen-bond donors (Lipinski definition) is 2. The molecule has 1 aliphatic carbocycles. The van der Waals surface area contributed by atoms with Crippen LogP contribution in [0.3, 0.4) is 0 Å². The topological polar surface area (TPSA) is 54.9 Å². The molecule has 0 aromatic heterocycles. The Labute approximate surface area is 174 Å². The molecule has 3 unspecified atom stereocenters. The molecule has 6 heteroatoms. The summed E-state index contributed by atoms with van der Waals surface area (Å²) >= 11 is 0. The molecule has 3 rings (SSSR count). The second-order valence-electron chi connectivity index (χ2n) is 7.05. The molecular formula is C20H32IN3O2. The summed E-state index contributed by atoms with van der Waals surface area (Å²) in [6.07, 6.45) is 3.40. The van der Waals surface area contributed by atoms with E-state index in [9.17, 15) is 0 Å². The van der Waals surface area contributed by atoms with Crippen LogP contribution in [0.1, 0.15) is 30.7 Å². The third kappa shape index (κ3) is 7.04. The highest BCUT2D eigenvalue weighted by Crippen LogP contribution is 2.46. The summed E-state index contributed by atoms with van der Waals surface area (Å²) in [6.45, 7) is 5.24. The van der Waals surface area contributed by atoms with Gasteiger partial charge in [0.15, 0.2) is 5.96 Å². The lowest BCUT2D eigenvalue weighted by molar-refractivity contribution is 0.0888. The average molecular weight is 473 g/mol. The highest BCUT2D eigenvalue weighted by Gasteiger charge is 2.37. The molecule has 5 nitrogen and oxygen atoms in total. The summed E-state index contributed by atoms with van der Waals surface area (Å²) < 4.78 is 11.1. The van der Waals surface area contributed by atoms with Gasteiger partial charge in [0.2, 0.25) is 0 Å². The van der Waals surface area contributed by atoms with Gasteiger partial charge in [-0.05, 0) is 36.7 Å². The van der Waals surface area contributed by atoms with Crippen LogP contribution in [-0.2, 0) is 9.47 Å². The van der Waals surface area contributed by atoms with Gasteiger partial charge < -0.3 is 20.1 Å². The van der Waals surface area contributed by atoms with Gasteiger partial charge in [-0.25, -0.2) is 0 Å². The van der Waals surface area contributed by atoms with Crippen molar-refractivity contribution in [2.45, 2.75) is 25.2 Å². The van der Waals surface area contributed by atoms with Gasteiger partial charge >= 0.3 is 0 Å². The molecule has 1 heterocycles. The molecule has 0 radical (unpaired) electrons. The van der Waals surface area contributed by atoms with Crippen LogP contribution in [0.25, 0.3) is 0 Å². The van der Waals surface area contributed by atoms with Crippen molar-refractivity contribution in [3.8, 4) is 0 Å². The fourth-order valence-electron chi connectivity index (χ4n) is 3.38. The molecule has 1 saturated heterocycles. The molecule has 0 amide bonds. The van der Waals surface area contributed by atoms with Gasteiger partial charge in [-0.3, -0.25) is 4.99 Å². The summed E-state index contributed by atoms with van der Waals surface area (Å²) in [5.41, 5.74) is 1.46. The summed E-state index contributed by atoms with van der Waals surface area (Å²) in [5.74, 6) is 2.92. The van der Waals surface area contributed by atoms with Gasteiger partial charge in [-0.1, -0.05) is 30.3 Å². The Bertz CT molecular complexity index is 535. The summed E-state index contributed by atoms with van der Waals surface area (Å²) in [5, 5.41) is 6.82. The van der Waals surface area contributed by atoms with E-state index < -0.39 is 0 Å². The molecular weight excluding hydrogens is 441 g/mol. The molecule has 2 aliphatic rings. The Morgan fingerprint density at radius 2 is 2.12 bits per heavy atom. The first-order valence-corrected chi connectivity index (χ1v) is 9.51. The molecule has 0 spiro atoms. The first kappa shape index (κ1) is 21.4. The van der Waals surface area contributed by atoms with Gasteiger partial charge in [-0.2, -0.15) is 0 Å². The van der Waals surface area contributed by atoms with Crippen molar-refractivity contribution >= 4 is 29.9 Å². The van der Waals surface area contributed by atoms with Crippen LogP contribution < -0.4 is 10.6 Å². The van der Waals surface area contributed by atoms with Gasteiger partial charge in [0.05, 0.1) is 13.2 Å². The van der Waals surface area contributed by atoms with E-state index in [-0.39, 0.29) is 24.0 Å². The van der Waals surface area contributed by atoms with E-state index in [1.54, 1.807) is 0 Å². The van der Waals surface area contributed by atoms with E-state index in [1.807, 2.05) is 7.05 Å². The minimum Gasteiger partial charge on any atom is -0.381 e. The molecule has 2 N–H and O–H groups in total. The third-order valence-electron chi connectivity index (χ3n) is 5.04. The van der Waals surface area contributed by atoms with Crippen molar-refractivity contribution in [2.24, 2.45) is 16.8 Å². The normalized spacial score (nSPS) is 24.8. The number of hydrogen-bond acceptors (Lipinski definition) is 3. The third-order valence-corrected chi connectivity index (χ3v) is 5.04. The number of halogens is 1. The number of guanidine groups is 1. The van der Waals surface area contributed by atoms with Crippen molar-refractivity contribution in [3.63, 3.8) is 0 Å². The standard InChI is InChI=1S/C20H31N3O2.HI/c1-21-20(22-9-5-10-24-14-16-8-11-25-15-16)23-13-18-12-19(18)17-6-3-2-4-7-17;/h2-4,6-7,16,18-19H,5,8-15H2,1H3,(H2,21,22,23);1H. The number of rotatable bonds is 9. The maximum Gasteiger partial charge on any atom is 0.190 e. The number of nitrogens with one attached hydrogen (secondary N) is 2. The lowest BCUT2D eigenvalue weighted by Gasteiger charge is -2.12. The number of benzene rings is 1. The minimum absolute atomic E-state index is 0. The molecule has 2 fully saturated rings. The molecule has 0 bridgehead atoms.